The number of thioether (sulfide) groups is 1. The standard InChI is InChI=1S/C23H28N4O5S/c1-14(20(24)29)27(2,3)11-7-10-16-13-33-22-18(21(30)26(22)19(16)23(31)32)25-17(28)12-15-8-5-4-6-9-15/h4-10,14,18,22H,11-13H2,1-3H3,(H3-,24,25,28,29,31,32)/p+1/t14-,18-,22+/m1/s1. The molecule has 3 rings (SSSR count). The molecule has 0 aromatic heterocycles. The van der Waals surface area contributed by atoms with Gasteiger partial charge in [0.25, 0.3) is 11.8 Å². The number of carbonyl (C=O) groups excluding carboxylic acids is 3. The van der Waals surface area contributed by atoms with E-state index in [4.69, 9.17) is 5.73 Å². The average Bonchev–Trinajstić information content (AvgIpc) is 2.76. The summed E-state index contributed by atoms with van der Waals surface area (Å²) in [6.45, 7) is 2.20. The SMILES string of the molecule is C[C@H](C(N)=O)[N+](C)(C)CC=CC1=C(C(=O)O)N2C(=O)[C@@H](NC(=O)Cc3ccccc3)[C@@H]2SC1. The van der Waals surface area contributed by atoms with Gasteiger partial charge in [0.15, 0.2) is 6.04 Å². The smallest absolute Gasteiger partial charge is 0.352 e. The fourth-order valence-corrected chi connectivity index (χ4v) is 5.06. The second kappa shape index (κ2) is 9.80. The number of amides is 3. The van der Waals surface area contributed by atoms with E-state index in [0.29, 0.717) is 22.4 Å². The Morgan fingerprint density at radius 2 is 1.97 bits per heavy atom. The molecule has 2 aliphatic rings. The number of likely N-dealkylation sites (N-methyl/N-ethyl adjacent to an activating group) is 1. The maximum Gasteiger partial charge on any atom is 0.352 e. The number of primary amides is 1. The highest BCUT2D eigenvalue weighted by Crippen LogP contribution is 2.40. The van der Waals surface area contributed by atoms with Crippen molar-refractivity contribution in [1.82, 2.24) is 10.2 Å². The Kier molecular flexibility index (Phi) is 7.28. The number of hydrogen-bond acceptors (Lipinski definition) is 5. The molecule has 10 heteroatoms. The van der Waals surface area contributed by atoms with Crippen molar-refractivity contribution < 1.29 is 28.8 Å². The lowest BCUT2D eigenvalue weighted by atomic mass is 10.0. The van der Waals surface area contributed by atoms with Crippen LogP contribution >= 0.6 is 11.8 Å². The van der Waals surface area contributed by atoms with Gasteiger partial charge < -0.3 is 20.6 Å². The number of nitrogens with one attached hydrogen (secondary N) is 1. The Bertz CT molecular complexity index is 1020. The van der Waals surface area contributed by atoms with Crippen LogP contribution < -0.4 is 11.1 Å². The van der Waals surface area contributed by atoms with Crippen molar-refractivity contribution in [3.63, 3.8) is 0 Å². The molecule has 0 aliphatic carbocycles. The van der Waals surface area contributed by atoms with Crippen LogP contribution in [0.3, 0.4) is 0 Å². The Hall–Kier alpha value is -3.11. The molecule has 2 aliphatic heterocycles. The minimum atomic E-state index is -1.19. The van der Waals surface area contributed by atoms with Crippen LogP contribution in [0, 0.1) is 0 Å². The quantitative estimate of drug-likeness (QED) is 0.353. The molecule has 0 spiro atoms. The predicted octanol–water partition coefficient (Wildman–Crippen LogP) is 0.474. The number of benzene rings is 1. The number of fused-ring (bicyclic) bond motifs is 1. The van der Waals surface area contributed by atoms with Crippen LogP contribution in [-0.2, 0) is 25.6 Å². The summed E-state index contributed by atoms with van der Waals surface area (Å²) < 4.78 is 0.315. The van der Waals surface area contributed by atoms with Gasteiger partial charge in [-0.2, -0.15) is 0 Å². The minimum Gasteiger partial charge on any atom is -0.477 e. The molecule has 1 fully saturated rings. The summed E-state index contributed by atoms with van der Waals surface area (Å²) in [5, 5.41) is 12.1. The van der Waals surface area contributed by atoms with E-state index >= 15 is 0 Å². The number of rotatable bonds is 9. The number of nitrogens with two attached hydrogens (primary N) is 1. The van der Waals surface area contributed by atoms with E-state index in [9.17, 15) is 24.3 Å². The molecule has 0 saturated carbocycles. The summed E-state index contributed by atoms with van der Waals surface area (Å²) in [4.78, 5) is 49.9. The first-order chi connectivity index (χ1) is 15.5. The maximum atomic E-state index is 12.8. The van der Waals surface area contributed by atoms with Crippen molar-refractivity contribution >= 4 is 35.5 Å². The molecular weight excluding hydrogens is 444 g/mol. The zero-order chi connectivity index (χ0) is 24.3. The highest BCUT2D eigenvalue weighted by molar-refractivity contribution is 8.00. The van der Waals surface area contributed by atoms with E-state index in [2.05, 4.69) is 5.32 Å². The van der Waals surface area contributed by atoms with Crippen molar-refractivity contribution in [1.29, 1.82) is 0 Å². The van der Waals surface area contributed by atoms with Crippen molar-refractivity contribution in [2.75, 3.05) is 26.4 Å². The van der Waals surface area contributed by atoms with E-state index in [1.807, 2.05) is 44.4 Å². The fraction of sp³-hybridized carbons (Fsp3) is 0.391. The Morgan fingerprint density at radius 3 is 2.58 bits per heavy atom. The number of carboxylic acid groups (broad SMARTS) is 1. The summed E-state index contributed by atoms with van der Waals surface area (Å²) in [5.41, 5.74) is 6.68. The van der Waals surface area contributed by atoms with Crippen LogP contribution in [0.5, 0.6) is 0 Å². The van der Waals surface area contributed by atoms with Crippen LogP contribution in [0.4, 0.5) is 0 Å². The molecule has 0 unspecified atom stereocenters. The summed E-state index contributed by atoms with van der Waals surface area (Å²) in [6.07, 6.45) is 3.63. The number of carbonyl (C=O) groups is 4. The second-order valence-corrected chi connectivity index (χ2v) is 9.84. The summed E-state index contributed by atoms with van der Waals surface area (Å²) in [7, 11) is 3.72. The number of quaternary nitrogens is 1. The average molecular weight is 474 g/mol. The van der Waals surface area contributed by atoms with Crippen LogP contribution in [-0.4, -0.2) is 82.0 Å². The Labute approximate surface area is 196 Å². The molecule has 2 heterocycles. The van der Waals surface area contributed by atoms with E-state index in [1.54, 1.807) is 19.1 Å². The van der Waals surface area contributed by atoms with Crippen molar-refractivity contribution in [3.8, 4) is 0 Å². The van der Waals surface area contributed by atoms with Gasteiger partial charge in [-0.3, -0.25) is 19.3 Å². The monoisotopic (exact) mass is 473 g/mol. The molecule has 4 N–H and O–H groups in total. The molecule has 9 nitrogen and oxygen atoms in total. The molecule has 1 aromatic carbocycles. The topological polar surface area (TPSA) is 130 Å². The molecule has 0 radical (unpaired) electrons. The number of carboxylic acids is 1. The molecule has 176 valence electrons. The lowest BCUT2D eigenvalue weighted by molar-refractivity contribution is -0.898. The molecule has 33 heavy (non-hydrogen) atoms. The number of hydrogen-bond donors (Lipinski definition) is 3. The van der Waals surface area contributed by atoms with E-state index in [-0.39, 0.29) is 18.0 Å². The minimum absolute atomic E-state index is 0.0678. The van der Waals surface area contributed by atoms with Crippen LogP contribution in [0.25, 0.3) is 0 Å². The number of nitrogens with zero attached hydrogens (tertiary/aromatic N) is 2. The van der Waals surface area contributed by atoms with Crippen molar-refractivity contribution in [2.24, 2.45) is 5.73 Å². The number of β-lactam (4-membered cyclic amide) rings is 1. The zero-order valence-electron chi connectivity index (χ0n) is 18.9. The van der Waals surface area contributed by atoms with Gasteiger partial charge in [-0.25, -0.2) is 4.79 Å². The van der Waals surface area contributed by atoms with Crippen molar-refractivity contribution in [3.05, 3.63) is 59.3 Å². The van der Waals surface area contributed by atoms with Crippen LogP contribution in [0.1, 0.15) is 12.5 Å². The van der Waals surface area contributed by atoms with Gasteiger partial charge in [0, 0.05) is 5.75 Å². The maximum absolute atomic E-state index is 12.8. The van der Waals surface area contributed by atoms with E-state index in [0.717, 1.165) is 5.56 Å². The molecule has 3 amide bonds. The highest BCUT2D eigenvalue weighted by Gasteiger charge is 2.53. The highest BCUT2D eigenvalue weighted by atomic mass is 32.2. The van der Waals surface area contributed by atoms with Gasteiger partial charge >= 0.3 is 5.97 Å². The van der Waals surface area contributed by atoms with E-state index in [1.165, 1.54) is 16.7 Å². The zero-order valence-corrected chi connectivity index (χ0v) is 19.7. The first-order valence-electron chi connectivity index (χ1n) is 10.6. The second-order valence-electron chi connectivity index (χ2n) is 8.74. The third-order valence-electron chi connectivity index (χ3n) is 6.08. The predicted molar refractivity (Wildman–Crippen MR) is 125 cm³/mol. The molecule has 1 aromatic rings. The van der Waals surface area contributed by atoms with Gasteiger partial charge in [-0.05, 0) is 24.1 Å². The lowest BCUT2D eigenvalue weighted by Crippen LogP contribution is -2.70. The van der Waals surface area contributed by atoms with Gasteiger partial charge in [0.2, 0.25) is 5.91 Å². The van der Waals surface area contributed by atoms with Gasteiger partial charge in [-0.1, -0.05) is 36.4 Å². The van der Waals surface area contributed by atoms with Gasteiger partial charge in [0.1, 0.15) is 17.1 Å². The molecule has 1 saturated heterocycles. The molecule has 0 bridgehead atoms. The van der Waals surface area contributed by atoms with Crippen LogP contribution in [0.2, 0.25) is 0 Å². The largest absolute Gasteiger partial charge is 0.477 e. The fourth-order valence-electron chi connectivity index (χ4n) is 3.75. The normalized spacial score (nSPS) is 21.4. The van der Waals surface area contributed by atoms with Crippen molar-refractivity contribution in [2.45, 2.75) is 30.8 Å². The lowest BCUT2D eigenvalue weighted by Gasteiger charge is -2.49. The number of allylic oxidation sites excluding steroid dienone is 1. The molecular formula is C23H29N4O5S+. The summed E-state index contributed by atoms with van der Waals surface area (Å²) in [6, 6.07) is 8.03. The first kappa shape index (κ1) is 24.5. The third-order valence-corrected chi connectivity index (χ3v) is 7.38. The molecule has 3 atom stereocenters. The number of aliphatic carboxylic acids is 1. The first-order valence-corrected chi connectivity index (χ1v) is 11.6. The Morgan fingerprint density at radius 1 is 1.30 bits per heavy atom. The third kappa shape index (κ3) is 5.28. The van der Waals surface area contributed by atoms with E-state index < -0.39 is 35.2 Å². The summed E-state index contributed by atoms with van der Waals surface area (Å²) >= 11 is 1.41. The van der Waals surface area contributed by atoms with Crippen LogP contribution in [0.15, 0.2) is 53.8 Å². The van der Waals surface area contributed by atoms with Gasteiger partial charge in [-0.15, -0.1) is 11.8 Å². The van der Waals surface area contributed by atoms with Gasteiger partial charge in [0.05, 0.1) is 27.1 Å². The summed E-state index contributed by atoms with van der Waals surface area (Å²) in [5.74, 6) is -1.94. The Balaban J connectivity index is 1.69.